The van der Waals surface area contributed by atoms with Crippen molar-refractivity contribution in [2.75, 3.05) is 33.0 Å². The van der Waals surface area contributed by atoms with Gasteiger partial charge in [-0.2, -0.15) is 5.10 Å². The molecule has 0 spiro atoms. The van der Waals surface area contributed by atoms with Gasteiger partial charge in [0.25, 0.3) is 5.91 Å². The maximum atomic E-state index is 13.5. The van der Waals surface area contributed by atoms with Gasteiger partial charge in [-0.3, -0.25) is 9.89 Å². The van der Waals surface area contributed by atoms with Crippen LogP contribution in [0.15, 0.2) is 42.5 Å². The van der Waals surface area contributed by atoms with Crippen molar-refractivity contribution in [3.63, 3.8) is 0 Å². The van der Waals surface area contributed by atoms with E-state index in [0.29, 0.717) is 67.8 Å². The first-order valence-corrected chi connectivity index (χ1v) is 12.2. The number of carbonyl (C=O) groups excluding carboxylic acids is 1. The van der Waals surface area contributed by atoms with Crippen molar-refractivity contribution in [3.8, 4) is 28.5 Å². The Morgan fingerprint density at radius 1 is 1.03 bits per heavy atom. The second kappa shape index (κ2) is 11.3. The number of aromatic amines is 1. The van der Waals surface area contributed by atoms with E-state index in [1.165, 1.54) is 0 Å². The summed E-state index contributed by atoms with van der Waals surface area (Å²) in [5.74, 6) is 1.31. The summed E-state index contributed by atoms with van der Waals surface area (Å²) >= 11 is 0. The van der Waals surface area contributed by atoms with E-state index in [-0.39, 0.29) is 11.7 Å². The molecule has 0 bridgehead atoms. The number of nitrogens with zero attached hydrogens (tertiary/aromatic N) is 2. The molecule has 3 aromatic rings. The van der Waals surface area contributed by atoms with Crippen LogP contribution in [0.2, 0.25) is 0 Å². The fourth-order valence-corrected chi connectivity index (χ4v) is 4.43. The second-order valence-corrected chi connectivity index (χ2v) is 8.32. The number of phenols is 1. The zero-order valence-electron chi connectivity index (χ0n) is 20.5. The predicted molar refractivity (Wildman–Crippen MR) is 133 cm³/mol. The molecule has 0 radical (unpaired) electrons. The SMILES string of the molecule is CCCOc1ccc(C2c3c(-c4ccccc4O)n[nH]c3C(=O)N2CCCOCC)cc1OCC. The first-order chi connectivity index (χ1) is 17.1. The number of benzene rings is 2. The van der Waals surface area contributed by atoms with Crippen molar-refractivity contribution in [2.24, 2.45) is 0 Å². The zero-order valence-corrected chi connectivity index (χ0v) is 20.5. The molecule has 0 aliphatic carbocycles. The average Bonchev–Trinajstić information content (AvgIpc) is 3.40. The van der Waals surface area contributed by atoms with Crippen LogP contribution < -0.4 is 9.47 Å². The summed E-state index contributed by atoms with van der Waals surface area (Å²) in [6.45, 7) is 8.75. The zero-order chi connectivity index (χ0) is 24.8. The molecule has 1 aromatic heterocycles. The van der Waals surface area contributed by atoms with Crippen molar-refractivity contribution in [2.45, 2.75) is 39.7 Å². The Labute approximate surface area is 205 Å². The lowest BCUT2D eigenvalue weighted by atomic mass is 9.95. The number of fused-ring (bicyclic) bond motifs is 1. The van der Waals surface area contributed by atoms with Gasteiger partial charge in [-0.25, -0.2) is 0 Å². The average molecular weight is 480 g/mol. The van der Waals surface area contributed by atoms with Gasteiger partial charge in [0.05, 0.1) is 19.3 Å². The Balaban J connectivity index is 1.79. The minimum absolute atomic E-state index is 0.112. The summed E-state index contributed by atoms with van der Waals surface area (Å²) in [5, 5.41) is 17.9. The van der Waals surface area contributed by atoms with Crippen LogP contribution in [-0.4, -0.2) is 59.1 Å². The molecule has 0 fully saturated rings. The predicted octanol–water partition coefficient (Wildman–Crippen LogP) is 4.94. The van der Waals surface area contributed by atoms with E-state index in [9.17, 15) is 9.90 Å². The molecule has 1 unspecified atom stereocenters. The number of ether oxygens (including phenoxy) is 3. The van der Waals surface area contributed by atoms with Gasteiger partial charge in [-0.1, -0.05) is 25.1 Å². The molecule has 4 rings (SSSR count). The van der Waals surface area contributed by atoms with Gasteiger partial charge in [-0.05, 0) is 56.5 Å². The van der Waals surface area contributed by atoms with Crippen LogP contribution in [0.1, 0.15) is 61.3 Å². The molecule has 1 amide bonds. The van der Waals surface area contributed by atoms with E-state index >= 15 is 0 Å². The van der Waals surface area contributed by atoms with Crippen LogP contribution in [-0.2, 0) is 4.74 Å². The largest absolute Gasteiger partial charge is 0.507 e. The Kier molecular flexibility index (Phi) is 7.92. The lowest BCUT2D eigenvalue weighted by Gasteiger charge is -2.27. The lowest BCUT2D eigenvalue weighted by molar-refractivity contribution is 0.0710. The van der Waals surface area contributed by atoms with Crippen molar-refractivity contribution >= 4 is 5.91 Å². The van der Waals surface area contributed by atoms with Crippen LogP contribution in [0.3, 0.4) is 0 Å². The highest BCUT2D eigenvalue weighted by Gasteiger charge is 2.42. The third-order valence-corrected chi connectivity index (χ3v) is 5.96. The molecule has 1 aliphatic heterocycles. The normalized spacial score (nSPS) is 14.9. The molecular formula is C27H33N3O5. The van der Waals surface area contributed by atoms with Crippen LogP contribution in [0.5, 0.6) is 17.2 Å². The maximum absolute atomic E-state index is 13.5. The highest BCUT2D eigenvalue weighted by Crippen LogP contribution is 2.45. The van der Waals surface area contributed by atoms with E-state index in [1.54, 1.807) is 18.2 Å². The van der Waals surface area contributed by atoms with Gasteiger partial charge in [0.15, 0.2) is 11.5 Å². The summed E-state index contributed by atoms with van der Waals surface area (Å²) in [7, 11) is 0. The van der Waals surface area contributed by atoms with Crippen LogP contribution in [0.4, 0.5) is 0 Å². The number of H-pyrrole nitrogens is 1. The Bertz CT molecular complexity index is 1160. The lowest BCUT2D eigenvalue weighted by Crippen LogP contribution is -2.31. The highest BCUT2D eigenvalue weighted by atomic mass is 16.5. The summed E-state index contributed by atoms with van der Waals surface area (Å²) in [5.41, 5.74) is 3.21. The Morgan fingerprint density at radius 3 is 2.60 bits per heavy atom. The van der Waals surface area contributed by atoms with Crippen molar-refractivity contribution in [1.82, 2.24) is 15.1 Å². The molecule has 8 nitrogen and oxygen atoms in total. The van der Waals surface area contributed by atoms with Crippen LogP contribution >= 0.6 is 0 Å². The Morgan fingerprint density at radius 2 is 1.86 bits per heavy atom. The maximum Gasteiger partial charge on any atom is 0.273 e. The number of aromatic hydroxyl groups is 1. The van der Waals surface area contributed by atoms with Gasteiger partial charge < -0.3 is 24.2 Å². The number of aromatic nitrogens is 2. The number of amides is 1. The second-order valence-electron chi connectivity index (χ2n) is 8.32. The number of hydrogen-bond acceptors (Lipinski definition) is 6. The number of phenolic OH excluding ortho intramolecular Hbond substituents is 1. The molecule has 2 N–H and O–H groups in total. The van der Waals surface area contributed by atoms with Crippen molar-refractivity contribution in [3.05, 3.63) is 59.3 Å². The van der Waals surface area contributed by atoms with Crippen molar-refractivity contribution < 1.29 is 24.1 Å². The van der Waals surface area contributed by atoms with E-state index < -0.39 is 6.04 Å². The topological polar surface area (TPSA) is 96.9 Å². The van der Waals surface area contributed by atoms with Gasteiger partial charge >= 0.3 is 0 Å². The highest BCUT2D eigenvalue weighted by molar-refractivity contribution is 6.00. The van der Waals surface area contributed by atoms with E-state index in [2.05, 4.69) is 17.1 Å². The molecule has 2 aromatic carbocycles. The number of para-hydroxylation sites is 1. The third-order valence-electron chi connectivity index (χ3n) is 5.96. The van der Waals surface area contributed by atoms with Crippen LogP contribution in [0.25, 0.3) is 11.3 Å². The Hall–Kier alpha value is -3.52. The number of nitrogens with one attached hydrogen (secondary N) is 1. The monoisotopic (exact) mass is 479 g/mol. The molecule has 1 atom stereocenters. The molecule has 2 heterocycles. The standard InChI is InChI=1S/C27H33N3O5/c1-4-15-35-21-13-12-18(17-22(21)34-6-3)26-23-24(19-10-7-8-11-20(19)31)28-29-25(23)27(32)30(26)14-9-16-33-5-2/h7-8,10-13,17,26,31H,4-6,9,14-16H2,1-3H3,(H,28,29). The summed E-state index contributed by atoms with van der Waals surface area (Å²) in [6.07, 6.45) is 1.59. The number of rotatable bonds is 12. The molecule has 0 saturated heterocycles. The molecule has 8 heteroatoms. The molecule has 35 heavy (non-hydrogen) atoms. The molecule has 1 aliphatic rings. The van der Waals surface area contributed by atoms with E-state index in [4.69, 9.17) is 14.2 Å². The summed E-state index contributed by atoms with van der Waals surface area (Å²) in [6, 6.07) is 12.4. The van der Waals surface area contributed by atoms with Crippen LogP contribution in [0, 0.1) is 0 Å². The first-order valence-electron chi connectivity index (χ1n) is 12.2. The van der Waals surface area contributed by atoms with Crippen molar-refractivity contribution in [1.29, 1.82) is 0 Å². The quantitative estimate of drug-likeness (QED) is 0.357. The summed E-state index contributed by atoms with van der Waals surface area (Å²) < 4.78 is 17.3. The van der Waals surface area contributed by atoms with Gasteiger partial charge in [0, 0.05) is 30.9 Å². The minimum Gasteiger partial charge on any atom is -0.507 e. The summed E-state index contributed by atoms with van der Waals surface area (Å²) in [4.78, 5) is 15.3. The number of carbonyl (C=O) groups is 1. The van der Waals surface area contributed by atoms with Gasteiger partial charge in [0.2, 0.25) is 0 Å². The molecule has 186 valence electrons. The fraction of sp³-hybridized carbons (Fsp3) is 0.407. The van der Waals surface area contributed by atoms with Gasteiger partial charge in [-0.15, -0.1) is 0 Å². The minimum atomic E-state index is -0.396. The van der Waals surface area contributed by atoms with Gasteiger partial charge in [0.1, 0.15) is 17.1 Å². The number of hydrogen-bond donors (Lipinski definition) is 2. The van der Waals surface area contributed by atoms with E-state index in [1.807, 2.05) is 43.0 Å². The van der Waals surface area contributed by atoms with E-state index in [0.717, 1.165) is 17.5 Å². The first kappa shape index (κ1) is 24.6. The smallest absolute Gasteiger partial charge is 0.273 e. The molecular weight excluding hydrogens is 446 g/mol. The fourth-order valence-electron chi connectivity index (χ4n) is 4.43. The molecule has 0 saturated carbocycles. The third kappa shape index (κ3) is 4.98.